The summed E-state index contributed by atoms with van der Waals surface area (Å²) in [5.41, 5.74) is 0.983. The van der Waals surface area contributed by atoms with Crippen LogP contribution in [0.2, 0.25) is 0 Å². The van der Waals surface area contributed by atoms with Crippen molar-refractivity contribution in [2.45, 2.75) is 44.9 Å². The quantitative estimate of drug-likeness (QED) is 0.410. The number of nitrogens with zero attached hydrogens (tertiary/aromatic N) is 1. The summed E-state index contributed by atoms with van der Waals surface area (Å²) in [5.74, 6) is 5.45. The Morgan fingerprint density at radius 1 is 1.32 bits per heavy atom. The second-order valence-corrected chi connectivity index (χ2v) is 5.79. The lowest BCUT2D eigenvalue weighted by atomic mass is 9.90. The van der Waals surface area contributed by atoms with Gasteiger partial charge in [-0.15, -0.1) is 4.89 Å². The van der Waals surface area contributed by atoms with Gasteiger partial charge in [0, 0.05) is 25.9 Å². The van der Waals surface area contributed by atoms with Gasteiger partial charge in [0.2, 0.25) is 5.60 Å². The highest BCUT2D eigenvalue weighted by molar-refractivity contribution is 5.14. The van der Waals surface area contributed by atoms with Crippen LogP contribution in [0.15, 0.2) is 30.3 Å². The molecule has 2 unspecified atom stereocenters. The van der Waals surface area contributed by atoms with E-state index in [1.165, 1.54) is 5.56 Å². The molecule has 0 aliphatic heterocycles. The standard InChI is InChI=1S/C17H31N2O3/c1-6-17(15(2)21-18,22(5)20-4)12-13-19(3)14-16-10-8-7-9-11-16/h7-11,15H,6,12-14,18H2,1-5H3/q+1. The van der Waals surface area contributed by atoms with Gasteiger partial charge in [0.25, 0.3) is 0 Å². The Labute approximate surface area is 134 Å². The molecule has 5 nitrogen and oxygen atoms in total. The lowest BCUT2D eigenvalue weighted by Gasteiger charge is -2.37. The third-order valence-corrected chi connectivity index (χ3v) is 4.58. The van der Waals surface area contributed by atoms with Gasteiger partial charge in [0.1, 0.15) is 7.11 Å². The molecule has 0 fully saturated rings. The minimum Gasteiger partial charge on any atom is -0.302 e. The predicted molar refractivity (Wildman–Crippen MR) is 89.2 cm³/mol. The van der Waals surface area contributed by atoms with Crippen LogP contribution in [0.1, 0.15) is 32.3 Å². The molecule has 22 heavy (non-hydrogen) atoms. The molecule has 1 aromatic rings. The van der Waals surface area contributed by atoms with Crippen LogP contribution in [0.3, 0.4) is 0 Å². The van der Waals surface area contributed by atoms with Crippen molar-refractivity contribution >= 4 is 0 Å². The zero-order chi connectivity index (χ0) is 16.6. The molecule has 0 saturated heterocycles. The van der Waals surface area contributed by atoms with E-state index in [0.29, 0.717) is 0 Å². The summed E-state index contributed by atoms with van der Waals surface area (Å²) >= 11 is 0. The monoisotopic (exact) mass is 311 g/mol. The topological polar surface area (TPSA) is 50.4 Å². The SMILES string of the molecule is CCC(CCN(C)Cc1ccccc1)(C(C)ON)[O+](C)OC. The average molecular weight is 311 g/mol. The molecule has 0 aromatic heterocycles. The molecule has 1 rings (SSSR count). The summed E-state index contributed by atoms with van der Waals surface area (Å²) in [5, 5.41) is 0. The summed E-state index contributed by atoms with van der Waals surface area (Å²) in [4.78, 5) is 12.8. The molecular formula is C17H31N2O3+. The predicted octanol–water partition coefficient (Wildman–Crippen LogP) is 2.68. The Balaban J connectivity index is 2.70. The third-order valence-electron chi connectivity index (χ3n) is 4.58. The first kappa shape index (κ1) is 19.1. The highest BCUT2D eigenvalue weighted by Crippen LogP contribution is 2.32. The van der Waals surface area contributed by atoms with E-state index in [0.717, 1.165) is 25.9 Å². The first-order valence-electron chi connectivity index (χ1n) is 7.78. The van der Waals surface area contributed by atoms with Crippen molar-refractivity contribution in [1.29, 1.82) is 0 Å². The van der Waals surface area contributed by atoms with Crippen LogP contribution in [0.25, 0.3) is 0 Å². The zero-order valence-corrected chi connectivity index (χ0v) is 14.5. The molecule has 0 bridgehead atoms. The Morgan fingerprint density at radius 3 is 2.45 bits per heavy atom. The van der Waals surface area contributed by atoms with Crippen molar-refractivity contribution in [2.75, 3.05) is 27.8 Å². The van der Waals surface area contributed by atoms with Crippen molar-refractivity contribution in [3.63, 3.8) is 0 Å². The average Bonchev–Trinajstić information content (AvgIpc) is 2.55. The number of hydrogen-bond donors (Lipinski definition) is 1. The van der Waals surface area contributed by atoms with Crippen LogP contribution in [0, 0.1) is 0 Å². The molecule has 0 spiro atoms. The maximum atomic E-state index is 5.45. The van der Waals surface area contributed by atoms with Crippen LogP contribution in [0.5, 0.6) is 0 Å². The van der Waals surface area contributed by atoms with E-state index in [9.17, 15) is 0 Å². The van der Waals surface area contributed by atoms with Gasteiger partial charge < -0.3 is 4.90 Å². The summed E-state index contributed by atoms with van der Waals surface area (Å²) < 4.78 is 2.76. The number of nitrogens with two attached hydrogens (primary N) is 1. The van der Waals surface area contributed by atoms with E-state index in [2.05, 4.69) is 47.7 Å². The number of hydrogen-bond acceptors (Lipinski definition) is 4. The van der Waals surface area contributed by atoms with E-state index >= 15 is 0 Å². The molecular weight excluding hydrogens is 280 g/mol. The highest BCUT2D eigenvalue weighted by Gasteiger charge is 2.48. The van der Waals surface area contributed by atoms with Crippen molar-refractivity contribution in [2.24, 2.45) is 5.90 Å². The van der Waals surface area contributed by atoms with E-state index in [4.69, 9.17) is 15.6 Å². The zero-order valence-electron chi connectivity index (χ0n) is 14.5. The summed E-state index contributed by atoms with van der Waals surface area (Å²) in [6.07, 6.45) is 1.58. The Kier molecular flexibility index (Phi) is 8.00. The van der Waals surface area contributed by atoms with Crippen LogP contribution in [0.4, 0.5) is 0 Å². The molecule has 5 heteroatoms. The van der Waals surface area contributed by atoms with Crippen LogP contribution in [-0.4, -0.2) is 44.4 Å². The molecule has 0 aliphatic rings. The smallest absolute Gasteiger partial charge is 0.233 e. The van der Waals surface area contributed by atoms with Crippen molar-refractivity contribution < 1.29 is 14.2 Å². The second-order valence-electron chi connectivity index (χ2n) is 5.79. The number of benzene rings is 1. The van der Waals surface area contributed by atoms with Crippen LogP contribution in [-0.2, 0) is 20.8 Å². The van der Waals surface area contributed by atoms with Gasteiger partial charge in [-0.2, -0.15) is 0 Å². The summed E-state index contributed by atoms with van der Waals surface area (Å²) in [6.45, 7) is 5.93. The number of rotatable bonds is 10. The summed E-state index contributed by atoms with van der Waals surface area (Å²) in [7, 11) is 5.63. The van der Waals surface area contributed by atoms with E-state index in [1.54, 1.807) is 7.11 Å². The van der Waals surface area contributed by atoms with Gasteiger partial charge in [-0.1, -0.05) is 37.3 Å². The molecule has 0 radical (unpaired) electrons. The maximum absolute atomic E-state index is 5.45. The second kappa shape index (κ2) is 9.22. The molecule has 1 aromatic carbocycles. The van der Waals surface area contributed by atoms with Gasteiger partial charge in [0.05, 0.1) is 0 Å². The molecule has 0 heterocycles. The molecule has 0 saturated carbocycles. The highest BCUT2D eigenvalue weighted by atomic mass is 17.3. The van der Waals surface area contributed by atoms with Crippen molar-refractivity contribution in [1.82, 2.24) is 4.90 Å². The lowest BCUT2D eigenvalue weighted by molar-refractivity contribution is -0.502. The summed E-state index contributed by atoms with van der Waals surface area (Å²) in [6, 6.07) is 10.5. The molecule has 2 N–H and O–H groups in total. The largest absolute Gasteiger partial charge is 0.302 e. The molecule has 0 aliphatic carbocycles. The van der Waals surface area contributed by atoms with Crippen LogP contribution < -0.4 is 5.90 Å². The minimum absolute atomic E-state index is 0.155. The Bertz CT molecular complexity index is 404. The fourth-order valence-electron chi connectivity index (χ4n) is 2.89. The molecule has 0 amide bonds. The van der Waals surface area contributed by atoms with Crippen molar-refractivity contribution in [3.8, 4) is 0 Å². The van der Waals surface area contributed by atoms with Gasteiger partial charge in [-0.3, -0.25) is 4.84 Å². The van der Waals surface area contributed by atoms with Crippen molar-refractivity contribution in [3.05, 3.63) is 35.9 Å². The Morgan fingerprint density at radius 2 is 1.95 bits per heavy atom. The molecule has 126 valence electrons. The van der Waals surface area contributed by atoms with Gasteiger partial charge in [0.15, 0.2) is 13.2 Å². The normalized spacial score (nSPS) is 16.0. The van der Waals surface area contributed by atoms with E-state index < -0.39 is 0 Å². The fourth-order valence-corrected chi connectivity index (χ4v) is 2.89. The lowest BCUT2D eigenvalue weighted by Crippen LogP contribution is -2.52. The van der Waals surface area contributed by atoms with E-state index in [-0.39, 0.29) is 11.7 Å². The minimum atomic E-state index is -0.325. The molecule has 2 atom stereocenters. The third kappa shape index (κ3) is 4.76. The van der Waals surface area contributed by atoms with Gasteiger partial charge in [-0.05, 0) is 19.5 Å². The first-order valence-corrected chi connectivity index (χ1v) is 7.78. The van der Waals surface area contributed by atoms with Gasteiger partial charge >= 0.3 is 0 Å². The maximum Gasteiger partial charge on any atom is 0.233 e. The van der Waals surface area contributed by atoms with Crippen LogP contribution >= 0.6 is 0 Å². The first-order chi connectivity index (χ1) is 10.5. The Hall–Kier alpha value is -0.980. The van der Waals surface area contributed by atoms with E-state index in [1.807, 2.05) is 20.1 Å². The van der Waals surface area contributed by atoms with Gasteiger partial charge in [-0.25, -0.2) is 10.4 Å². The fraction of sp³-hybridized carbons (Fsp3) is 0.647.